The first-order chi connectivity index (χ1) is 17.5. The van der Waals surface area contributed by atoms with Crippen molar-refractivity contribution in [3.8, 4) is 11.3 Å². The van der Waals surface area contributed by atoms with Gasteiger partial charge in [-0.1, -0.05) is 66.7 Å². The van der Waals surface area contributed by atoms with E-state index >= 15 is 0 Å². The van der Waals surface area contributed by atoms with E-state index in [1.807, 2.05) is 60.7 Å². The number of hydrogen-bond acceptors (Lipinski definition) is 4. The topological polar surface area (TPSA) is 79.6 Å². The van der Waals surface area contributed by atoms with Gasteiger partial charge in [-0.2, -0.15) is 0 Å². The number of rotatable bonds is 5. The van der Waals surface area contributed by atoms with Crippen LogP contribution in [-0.4, -0.2) is 29.8 Å². The lowest BCUT2D eigenvalue weighted by Gasteiger charge is -2.31. The highest BCUT2D eigenvalue weighted by Crippen LogP contribution is 2.28. The van der Waals surface area contributed by atoms with Crippen molar-refractivity contribution in [2.45, 2.75) is 26.3 Å². The number of carbonyl (C=O) groups excluding carboxylic acids is 2. The number of benzene rings is 3. The summed E-state index contributed by atoms with van der Waals surface area (Å²) < 4.78 is 6.22. The predicted molar refractivity (Wildman–Crippen MR) is 140 cm³/mol. The molecule has 0 radical (unpaired) electrons. The van der Waals surface area contributed by atoms with Gasteiger partial charge in [-0.25, -0.2) is 0 Å². The smallest absolute Gasteiger partial charge is 0.257 e. The molecule has 4 aromatic rings. The maximum absolute atomic E-state index is 13.5. The molecule has 1 N–H and O–H groups in total. The average Bonchev–Trinajstić information content (AvgIpc) is 2.94. The number of likely N-dealkylation sites (tertiary alicyclic amines) is 1. The summed E-state index contributed by atoms with van der Waals surface area (Å²) in [7, 11) is 0. The number of piperidine rings is 1. The van der Waals surface area contributed by atoms with E-state index in [0.29, 0.717) is 60.3 Å². The molecule has 0 atom stereocenters. The van der Waals surface area contributed by atoms with Gasteiger partial charge in [-0.05, 0) is 37.5 Å². The van der Waals surface area contributed by atoms with Crippen LogP contribution < -0.4 is 10.7 Å². The van der Waals surface area contributed by atoms with Gasteiger partial charge < -0.3 is 14.6 Å². The second-order valence-electron chi connectivity index (χ2n) is 9.20. The van der Waals surface area contributed by atoms with Crippen LogP contribution in [0.4, 0.5) is 0 Å². The number of para-hydroxylation sites is 1. The average molecular weight is 481 g/mol. The Morgan fingerprint density at radius 2 is 1.58 bits per heavy atom. The minimum absolute atomic E-state index is 0.0186. The van der Waals surface area contributed by atoms with Crippen LogP contribution in [0.5, 0.6) is 0 Å². The molecular weight excluding hydrogens is 452 g/mol. The van der Waals surface area contributed by atoms with E-state index in [9.17, 15) is 14.4 Å². The number of nitrogens with zero attached hydrogens (tertiary/aromatic N) is 1. The van der Waals surface area contributed by atoms with E-state index in [2.05, 4.69) is 5.32 Å². The molecule has 2 heterocycles. The summed E-state index contributed by atoms with van der Waals surface area (Å²) in [5.41, 5.74) is 2.90. The van der Waals surface area contributed by atoms with Crippen molar-refractivity contribution >= 4 is 22.8 Å². The van der Waals surface area contributed by atoms with E-state index in [1.165, 1.54) is 0 Å². The van der Waals surface area contributed by atoms with Gasteiger partial charge in [0, 0.05) is 36.7 Å². The Labute approximate surface area is 209 Å². The zero-order valence-corrected chi connectivity index (χ0v) is 20.2. The van der Waals surface area contributed by atoms with Gasteiger partial charge in [-0.3, -0.25) is 14.4 Å². The summed E-state index contributed by atoms with van der Waals surface area (Å²) in [4.78, 5) is 41.1. The zero-order valence-electron chi connectivity index (χ0n) is 20.2. The van der Waals surface area contributed by atoms with Crippen molar-refractivity contribution in [3.05, 3.63) is 106 Å². The molecule has 5 rings (SSSR count). The van der Waals surface area contributed by atoms with E-state index in [0.717, 1.165) is 11.1 Å². The third kappa shape index (κ3) is 4.67. The minimum Gasteiger partial charge on any atom is -0.455 e. The second-order valence-corrected chi connectivity index (χ2v) is 9.20. The van der Waals surface area contributed by atoms with Crippen LogP contribution in [0, 0.1) is 12.8 Å². The van der Waals surface area contributed by atoms with Gasteiger partial charge in [-0.15, -0.1) is 0 Å². The summed E-state index contributed by atoms with van der Waals surface area (Å²) in [6.07, 6.45) is 1.19. The van der Waals surface area contributed by atoms with Crippen LogP contribution >= 0.6 is 0 Å². The SMILES string of the molecule is Cc1c(-c2ccccc2)oc2c(C(=O)N3CCC(C(=O)NCc4ccccc4)CC3)cccc2c1=O. The lowest BCUT2D eigenvalue weighted by atomic mass is 9.95. The number of nitrogens with one attached hydrogen (secondary N) is 1. The highest BCUT2D eigenvalue weighted by atomic mass is 16.3. The lowest BCUT2D eigenvalue weighted by Crippen LogP contribution is -2.43. The Balaban J connectivity index is 1.33. The molecule has 3 aromatic carbocycles. The molecule has 1 aliphatic heterocycles. The molecule has 182 valence electrons. The Hall–Kier alpha value is -4.19. The fourth-order valence-corrected chi connectivity index (χ4v) is 4.79. The number of hydrogen-bond donors (Lipinski definition) is 1. The van der Waals surface area contributed by atoms with E-state index < -0.39 is 0 Å². The zero-order chi connectivity index (χ0) is 25.1. The minimum atomic E-state index is -0.185. The Kier molecular flexibility index (Phi) is 6.67. The molecule has 0 saturated carbocycles. The Bertz CT molecular complexity index is 1450. The van der Waals surface area contributed by atoms with Gasteiger partial charge >= 0.3 is 0 Å². The molecule has 0 aliphatic carbocycles. The predicted octanol–water partition coefficient (Wildman–Crippen LogP) is 4.94. The molecule has 2 amide bonds. The van der Waals surface area contributed by atoms with Crippen molar-refractivity contribution in [3.63, 3.8) is 0 Å². The molecule has 0 bridgehead atoms. The molecule has 1 aliphatic rings. The van der Waals surface area contributed by atoms with Crippen LogP contribution in [0.3, 0.4) is 0 Å². The molecule has 36 heavy (non-hydrogen) atoms. The van der Waals surface area contributed by atoms with Crippen molar-refractivity contribution in [1.82, 2.24) is 10.2 Å². The fourth-order valence-electron chi connectivity index (χ4n) is 4.79. The van der Waals surface area contributed by atoms with Gasteiger partial charge in [0.2, 0.25) is 5.91 Å². The normalized spacial score (nSPS) is 14.1. The first-order valence-corrected chi connectivity index (χ1v) is 12.3. The summed E-state index contributed by atoms with van der Waals surface area (Å²) in [6, 6.07) is 24.4. The van der Waals surface area contributed by atoms with Crippen LogP contribution in [0.2, 0.25) is 0 Å². The monoisotopic (exact) mass is 480 g/mol. The molecule has 0 unspecified atom stereocenters. The van der Waals surface area contributed by atoms with Gasteiger partial charge in [0.1, 0.15) is 5.76 Å². The summed E-state index contributed by atoms with van der Waals surface area (Å²) in [5.74, 6) is 0.178. The molecule has 1 saturated heterocycles. The van der Waals surface area contributed by atoms with Crippen molar-refractivity contribution in [2.75, 3.05) is 13.1 Å². The molecule has 1 fully saturated rings. The third-order valence-corrected chi connectivity index (χ3v) is 6.87. The quantitative estimate of drug-likeness (QED) is 0.439. The first kappa shape index (κ1) is 23.5. The van der Waals surface area contributed by atoms with Gasteiger partial charge in [0.05, 0.1) is 10.9 Å². The largest absolute Gasteiger partial charge is 0.455 e. The van der Waals surface area contributed by atoms with Crippen molar-refractivity contribution < 1.29 is 14.0 Å². The number of fused-ring (bicyclic) bond motifs is 1. The summed E-state index contributed by atoms with van der Waals surface area (Å²) >= 11 is 0. The fraction of sp³-hybridized carbons (Fsp3) is 0.233. The van der Waals surface area contributed by atoms with Crippen LogP contribution in [0.15, 0.2) is 88.1 Å². The van der Waals surface area contributed by atoms with Crippen LogP contribution in [0.1, 0.15) is 34.3 Å². The Morgan fingerprint density at radius 3 is 2.28 bits per heavy atom. The molecule has 1 aromatic heterocycles. The second kappa shape index (κ2) is 10.2. The third-order valence-electron chi connectivity index (χ3n) is 6.87. The summed E-state index contributed by atoms with van der Waals surface area (Å²) in [6.45, 7) is 3.19. The van der Waals surface area contributed by atoms with Crippen LogP contribution in [-0.2, 0) is 11.3 Å². The molecule has 6 nitrogen and oxygen atoms in total. The summed E-state index contributed by atoms with van der Waals surface area (Å²) in [5, 5.41) is 3.41. The first-order valence-electron chi connectivity index (χ1n) is 12.3. The van der Waals surface area contributed by atoms with Crippen molar-refractivity contribution in [2.24, 2.45) is 5.92 Å². The van der Waals surface area contributed by atoms with E-state index in [1.54, 1.807) is 30.0 Å². The lowest BCUT2D eigenvalue weighted by molar-refractivity contribution is -0.126. The molecule has 0 spiro atoms. The number of amides is 2. The van der Waals surface area contributed by atoms with Crippen molar-refractivity contribution in [1.29, 1.82) is 0 Å². The van der Waals surface area contributed by atoms with Gasteiger partial charge in [0.25, 0.3) is 5.91 Å². The maximum atomic E-state index is 13.5. The Morgan fingerprint density at radius 1 is 0.917 bits per heavy atom. The highest BCUT2D eigenvalue weighted by molar-refractivity contribution is 6.05. The maximum Gasteiger partial charge on any atom is 0.257 e. The highest BCUT2D eigenvalue weighted by Gasteiger charge is 2.29. The standard InChI is InChI=1S/C30H28N2O4/c1-20-26(33)24-13-8-14-25(28(24)36-27(20)22-11-6-3-7-12-22)30(35)32-17-15-23(16-18-32)29(34)31-19-21-9-4-2-5-10-21/h2-14,23H,15-19H2,1H3,(H,31,34). The van der Waals surface area contributed by atoms with E-state index in [-0.39, 0.29) is 23.2 Å². The molecule has 6 heteroatoms. The van der Waals surface area contributed by atoms with Crippen LogP contribution in [0.25, 0.3) is 22.3 Å². The van der Waals surface area contributed by atoms with Gasteiger partial charge in [0.15, 0.2) is 11.0 Å². The molecular formula is C30H28N2O4. The van der Waals surface area contributed by atoms with E-state index in [4.69, 9.17) is 4.42 Å². The number of carbonyl (C=O) groups is 2.